The molecule has 0 bridgehead atoms. The fourth-order valence-electron chi connectivity index (χ4n) is 2.89. The molecule has 0 atom stereocenters. The molecule has 1 aromatic carbocycles. The van der Waals surface area contributed by atoms with Crippen molar-refractivity contribution in [2.45, 2.75) is 84.0 Å². The standard InChI is InChI=1S/C20H32O2/c1-2-3-4-5-6-7-8-9-10-11-13-18-14-12-15-19(16-18)17-20(21)22/h12,14-16H,2-11,13,17H2,1H3,(H,21,22). The average Bonchev–Trinajstić information content (AvgIpc) is 2.49. The van der Waals surface area contributed by atoms with Crippen molar-refractivity contribution in [1.29, 1.82) is 0 Å². The summed E-state index contributed by atoms with van der Waals surface area (Å²) in [6.07, 6.45) is 14.7. The van der Waals surface area contributed by atoms with Crippen molar-refractivity contribution in [1.82, 2.24) is 0 Å². The number of carboxylic acid groups (broad SMARTS) is 1. The van der Waals surface area contributed by atoms with Gasteiger partial charge in [0.05, 0.1) is 6.42 Å². The zero-order chi connectivity index (χ0) is 16.0. The van der Waals surface area contributed by atoms with Crippen LogP contribution >= 0.6 is 0 Å². The quantitative estimate of drug-likeness (QED) is 0.469. The second-order valence-electron chi connectivity index (χ2n) is 6.32. The minimum atomic E-state index is -0.754. The van der Waals surface area contributed by atoms with Crippen LogP contribution in [0.25, 0.3) is 0 Å². The van der Waals surface area contributed by atoms with Crippen LogP contribution in [0.3, 0.4) is 0 Å². The van der Waals surface area contributed by atoms with E-state index < -0.39 is 5.97 Å². The van der Waals surface area contributed by atoms with E-state index in [-0.39, 0.29) is 6.42 Å². The number of hydrogen-bond donors (Lipinski definition) is 1. The zero-order valence-electron chi connectivity index (χ0n) is 14.2. The van der Waals surface area contributed by atoms with Gasteiger partial charge in [-0.25, -0.2) is 0 Å². The molecular formula is C20H32O2. The van der Waals surface area contributed by atoms with Gasteiger partial charge in [0.2, 0.25) is 0 Å². The van der Waals surface area contributed by atoms with E-state index in [1.807, 2.05) is 18.2 Å². The van der Waals surface area contributed by atoms with E-state index >= 15 is 0 Å². The Bertz CT molecular complexity index is 412. The van der Waals surface area contributed by atoms with Crippen LogP contribution in [-0.4, -0.2) is 11.1 Å². The van der Waals surface area contributed by atoms with Crippen LogP contribution in [0, 0.1) is 0 Å². The Hall–Kier alpha value is -1.31. The molecule has 2 nitrogen and oxygen atoms in total. The van der Waals surface area contributed by atoms with Gasteiger partial charge in [-0.2, -0.15) is 0 Å². The normalized spacial score (nSPS) is 10.8. The molecule has 124 valence electrons. The summed E-state index contributed by atoms with van der Waals surface area (Å²) in [5.74, 6) is -0.754. The highest BCUT2D eigenvalue weighted by Crippen LogP contribution is 2.13. The smallest absolute Gasteiger partial charge is 0.307 e. The third kappa shape index (κ3) is 9.59. The van der Waals surface area contributed by atoms with E-state index in [1.54, 1.807) is 0 Å². The number of hydrogen-bond acceptors (Lipinski definition) is 1. The van der Waals surface area contributed by atoms with E-state index in [4.69, 9.17) is 5.11 Å². The molecule has 1 aromatic rings. The van der Waals surface area contributed by atoms with Gasteiger partial charge in [-0.3, -0.25) is 4.79 Å². The van der Waals surface area contributed by atoms with E-state index in [0.29, 0.717) is 0 Å². The lowest BCUT2D eigenvalue weighted by Gasteiger charge is -2.05. The first-order valence-corrected chi connectivity index (χ1v) is 9.02. The summed E-state index contributed by atoms with van der Waals surface area (Å²) in [6, 6.07) is 8.03. The Balaban J connectivity index is 2.03. The number of rotatable bonds is 13. The molecule has 0 unspecified atom stereocenters. The van der Waals surface area contributed by atoms with Gasteiger partial charge >= 0.3 is 5.97 Å². The van der Waals surface area contributed by atoms with Gasteiger partial charge in [-0.15, -0.1) is 0 Å². The molecule has 1 N–H and O–H groups in total. The molecule has 0 aliphatic heterocycles. The molecule has 2 heteroatoms. The summed E-state index contributed by atoms with van der Waals surface area (Å²) in [4.78, 5) is 10.7. The number of aliphatic carboxylic acids is 1. The van der Waals surface area contributed by atoms with E-state index in [2.05, 4.69) is 13.0 Å². The molecule has 0 aliphatic rings. The predicted molar refractivity (Wildman–Crippen MR) is 93.3 cm³/mol. The Kier molecular flexibility index (Phi) is 10.4. The van der Waals surface area contributed by atoms with Gasteiger partial charge in [0.1, 0.15) is 0 Å². The molecule has 0 aliphatic carbocycles. The van der Waals surface area contributed by atoms with Gasteiger partial charge in [0, 0.05) is 0 Å². The minimum absolute atomic E-state index is 0.131. The molecule has 0 fully saturated rings. The second-order valence-corrected chi connectivity index (χ2v) is 6.32. The topological polar surface area (TPSA) is 37.3 Å². The highest BCUT2D eigenvalue weighted by Gasteiger charge is 2.01. The predicted octanol–water partition coefficient (Wildman–Crippen LogP) is 5.78. The first-order valence-electron chi connectivity index (χ1n) is 9.02. The number of aryl methyl sites for hydroxylation is 1. The van der Waals surface area contributed by atoms with Crippen LogP contribution < -0.4 is 0 Å². The lowest BCUT2D eigenvalue weighted by Crippen LogP contribution is -2.00. The van der Waals surface area contributed by atoms with Crippen molar-refractivity contribution >= 4 is 5.97 Å². The minimum Gasteiger partial charge on any atom is -0.481 e. The summed E-state index contributed by atoms with van der Waals surface area (Å²) >= 11 is 0. The monoisotopic (exact) mass is 304 g/mol. The maximum Gasteiger partial charge on any atom is 0.307 e. The van der Waals surface area contributed by atoms with Crippen molar-refractivity contribution < 1.29 is 9.90 Å². The average molecular weight is 304 g/mol. The van der Waals surface area contributed by atoms with Crippen molar-refractivity contribution in [3.63, 3.8) is 0 Å². The Morgan fingerprint density at radius 3 is 2.00 bits per heavy atom. The summed E-state index contributed by atoms with van der Waals surface area (Å²) in [6.45, 7) is 2.26. The summed E-state index contributed by atoms with van der Waals surface area (Å²) in [5, 5.41) is 8.82. The van der Waals surface area contributed by atoms with Gasteiger partial charge < -0.3 is 5.11 Å². The Morgan fingerprint density at radius 1 is 0.864 bits per heavy atom. The molecule has 1 rings (SSSR count). The third-order valence-corrected chi connectivity index (χ3v) is 4.17. The van der Waals surface area contributed by atoms with E-state index in [1.165, 1.54) is 69.8 Å². The molecule has 0 saturated heterocycles. The van der Waals surface area contributed by atoms with Crippen LogP contribution in [0.15, 0.2) is 24.3 Å². The van der Waals surface area contributed by atoms with Gasteiger partial charge in [0.25, 0.3) is 0 Å². The van der Waals surface area contributed by atoms with Crippen molar-refractivity contribution in [3.8, 4) is 0 Å². The lowest BCUT2D eigenvalue weighted by molar-refractivity contribution is -0.136. The molecule has 0 spiro atoms. The molecule has 0 aromatic heterocycles. The first-order chi connectivity index (χ1) is 10.7. The van der Waals surface area contributed by atoms with Gasteiger partial charge in [0.15, 0.2) is 0 Å². The SMILES string of the molecule is CCCCCCCCCCCCc1cccc(CC(=O)O)c1. The van der Waals surface area contributed by atoms with Gasteiger partial charge in [-0.05, 0) is 24.0 Å². The third-order valence-electron chi connectivity index (χ3n) is 4.17. The highest BCUT2D eigenvalue weighted by molar-refractivity contribution is 5.70. The van der Waals surface area contributed by atoms with Crippen LogP contribution in [0.1, 0.15) is 82.3 Å². The van der Waals surface area contributed by atoms with Crippen molar-refractivity contribution in [2.24, 2.45) is 0 Å². The maximum absolute atomic E-state index is 10.7. The van der Waals surface area contributed by atoms with Crippen LogP contribution in [-0.2, 0) is 17.6 Å². The highest BCUT2D eigenvalue weighted by atomic mass is 16.4. The second kappa shape index (κ2) is 12.3. The first kappa shape index (κ1) is 18.7. The largest absolute Gasteiger partial charge is 0.481 e. The zero-order valence-corrected chi connectivity index (χ0v) is 14.2. The fourth-order valence-corrected chi connectivity index (χ4v) is 2.89. The number of benzene rings is 1. The molecule has 22 heavy (non-hydrogen) atoms. The maximum atomic E-state index is 10.7. The summed E-state index contributed by atoms with van der Waals surface area (Å²) in [5.41, 5.74) is 2.19. The van der Waals surface area contributed by atoms with E-state index in [9.17, 15) is 4.79 Å². The molecule has 0 radical (unpaired) electrons. The number of carbonyl (C=O) groups is 1. The summed E-state index contributed by atoms with van der Waals surface area (Å²) in [7, 11) is 0. The number of unbranched alkanes of at least 4 members (excludes halogenated alkanes) is 9. The molecular weight excluding hydrogens is 272 g/mol. The Labute approximate surface area is 135 Å². The Morgan fingerprint density at radius 2 is 1.41 bits per heavy atom. The van der Waals surface area contributed by atoms with E-state index in [0.717, 1.165) is 12.0 Å². The lowest BCUT2D eigenvalue weighted by atomic mass is 10.0. The number of carboxylic acids is 1. The van der Waals surface area contributed by atoms with Crippen LogP contribution in [0.5, 0.6) is 0 Å². The van der Waals surface area contributed by atoms with Crippen LogP contribution in [0.4, 0.5) is 0 Å². The molecule has 0 amide bonds. The van der Waals surface area contributed by atoms with Crippen molar-refractivity contribution in [2.75, 3.05) is 0 Å². The van der Waals surface area contributed by atoms with Crippen LogP contribution in [0.2, 0.25) is 0 Å². The molecule has 0 saturated carbocycles. The summed E-state index contributed by atoms with van der Waals surface area (Å²) < 4.78 is 0. The van der Waals surface area contributed by atoms with Gasteiger partial charge in [-0.1, -0.05) is 89.0 Å². The fraction of sp³-hybridized carbons (Fsp3) is 0.650. The van der Waals surface area contributed by atoms with Crippen molar-refractivity contribution in [3.05, 3.63) is 35.4 Å². The molecule has 0 heterocycles.